The summed E-state index contributed by atoms with van der Waals surface area (Å²) in [5.74, 6) is 0. The van der Waals surface area contributed by atoms with Crippen molar-refractivity contribution in [1.29, 1.82) is 0 Å². The van der Waals surface area contributed by atoms with Gasteiger partial charge in [-0.2, -0.15) is 0 Å². The van der Waals surface area contributed by atoms with Gasteiger partial charge in [0.15, 0.2) is 0 Å². The molecule has 116 valence electrons. The van der Waals surface area contributed by atoms with E-state index in [9.17, 15) is 9.90 Å². The van der Waals surface area contributed by atoms with E-state index in [0.29, 0.717) is 10.6 Å². The molecule has 0 aliphatic heterocycles. The lowest BCUT2D eigenvalue weighted by atomic mass is 10.1. The van der Waals surface area contributed by atoms with E-state index in [4.69, 9.17) is 11.6 Å². The van der Waals surface area contributed by atoms with E-state index < -0.39 is 6.10 Å². The molecule has 0 spiro atoms. The summed E-state index contributed by atoms with van der Waals surface area (Å²) in [5, 5.41) is 16.1. The summed E-state index contributed by atoms with van der Waals surface area (Å²) in [4.78, 5) is 11.9. The summed E-state index contributed by atoms with van der Waals surface area (Å²) in [5.41, 5.74) is 2.55. The first kappa shape index (κ1) is 16.3. The molecule has 1 atom stereocenters. The largest absolute Gasteiger partial charge is 0.387 e. The van der Waals surface area contributed by atoms with Gasteiger partial charge in [0.2, 0.25) is 0 Å². The topological polar surface area (TPSA) is 61.4 Å². The van der Waals surface area contributed by atoms with Crippen molar-refractivity contribution < 1.29 is 9.90 Å². The number of para-hydroxylation sites is 1. The highest BCUT2D eigenvalue weighted by atomic mass is 35.5. The first-order chi connectivity index (χ1) is 10.6. The van der Waals surface area contributed by atoms with Crippen LogP contribution < -0.4 is 10.6 Å². The number of hydrogen-bond donors (Lipinski definition) is 3. The molecular formula is C17H19ClN2O2. The predicted molar refractivity (Wildman–Crippen MR) is 89.3 cm³/mol. The van der Waals surface area contributed by atoms with Crippen molar-refractivity contribution in [2.75, 3.05) is 11.9 Å². The molecule has 0 aliphatic carbocycles. The Bertz CT molecular complexity index is 629. The SMILES string of the molecule is CCc1ccccc1NC(=O)NCC(O)c1ccc(Cl)cc1. The average Bonchev–Trinajstić information content (AvgIpc) is 2.54. The van der Waals surface area contributed by atoms with Crippen LogP contribution in [0, 0.1) is 0 Å². The van der Waals surface area contributed by atoms with E-state index >= 15 is 0 Å². The second kappa shape index (κ2) is 7.82. The molecule has 0 heterocycles. The Balaban J connectivity index is 1.88. The minimum absolute atomic E-state index is 0.127. The molecule has 2 aromatic rings. The van der Waals surface area contributed by atoms with Crippen molar-refractivity contribution in [1.82, 2.24) is 5.32 Å². The lowest BCUT2D eigenvalue weighted by Crippen LogP contribution is -2.32. The summed E-state index contributed by atoms with van der Waals surface area (Å²) in [6.45, 7) is 2.16. The number of carbonyl (C=O) groups is 1. The van der Waals surface area contributed by atoms with Crippen LogP contribution in [0.4, 0.5) is 10.5 Å². The van der Waals surface area contributed by atoms with Crippen LogP contribution in [0.5, 0.6) is 0 Å². The van der Waals surface area contributed by atoms with Gasteiger partial charge in [-0.25, -0.2) is 4.79 Å². The fourth-order valence-electron chi connectivity index (χ4n) is 2.11. The van der Waals surface area contributed by atoms with Gasteiger partial charge in [-0.05, 0) is 35.7 Å². The van der Waals surface area contributed by atoms with Crippen LogP contribution in [-0.2, 0) is 6.42 Å². The van der Waals surface area contributed by atoms with Crippen molar-refractivity contribution in [3.63, 3.8) is 0 Å². The van der Waals surface area contributed by atoms with Gasteiger partial charge in [0.05, 0.1) is 6.10 Å². The molecule has 5 heteroatoms. The Morgan fingerprint density at radius 2 is 1.86 bits per heavy atom. The van der Waals surface area contributed by atoms with Gasteiger partial charge in [0.25, 0.3) is 0 Å². The van der Waals surface area contributed by atoms with Crippen molar-refractivity contribution in [2.45, 2.75) is 19.4 Å². The zero-order chi connectivity index (χ0) is 15.9. The maximum atomic E-state index is 11.9. The maximum Gasteiger partial charge on any atom is 0.319 e. The number of aliphatic hydroxyl groups is 1. The molecule has 2 amide bonds. The molecule has 0 aliphatic rings. The molecule has 0 aromatic heterocycles. The van der Waals surface area contributed by atoms with Gasteiger partial charge < -0.3 is 15.7 Å². The van der Waals surface area contributed by atoms with Crippen LogP contribution >= 0.6 is 11.6 Å². The van der Waals surface area contributed by atoms with Crippen LogP contribution in [0.2, 0.25) is 5.02 Å². The van der Waals surface area contributed by atoms with Gasteiger partial charge in [-0.15, -0.1) is 0 Å². The number of urea groups is 1. The lowest BCUT2D eigenvalue weighted by molar-refractivity contribution is 0.175. The van der Waals surface area contributed by atoms with E-state index in [-0.39, 0.29) is 12.6 Å². The molecule has 0 fully saturated rings. The van der Waals surface area contributed by atoms with Crippen molar-refractivity contribution >= 4 is 23.3 Å². The molecule has 4 nitrogen and oxygen atoms in total. The van der Waals surface area contributed by atoms with Crippen LogP contribution in [0.15, 0.2) is 48.5 Å². The van der Waals surface area contributed by atoms with Gasteiger partial charge in [0.1, 0.15) is 0 Å². The summed E-state index contributed by atoms with van der Waals surface area (Å²) >= 11 is 5.80. The second-order valence-corrected chi connectivity index (χ2v) is 5.35. The molecule has 0 bridgehead atoms. The number of halogens is 1. The Labute approximate surface area is 135 Å². The number of benzene rings is 2. The number of nitrogens with one attached hydrogen (secondary N) is 2. The number of hydrogen-bond acceptors (Lipinski definition) is 2. The van der Waals surface area contributed by atoms with Crippen LogP contribution in [-0.4, -0.2) is 17.7 Å². The van der Waals surface area contributed by atoms with E-state index in [1.807, 2.05) is 31.2 Å². The summed E-state index contributed by atoms with van der Waals surface area (Å²) in [6.07, 6.45) is 0.0635. The van der Waals surface area contributed by atoms with Crippen LogP contribution in [0.1, 0.15) is 24.2 Å². The first-order valence-electron chi connectivity index (χ1n) is 7.16. The van der Waals surface area contributed by atoms with E-state index in [1.54, 1.807) is 24.3 Å². The maximum absolute atomic E-state index is 11.9. The molecule has 0 radical (unpaired) electrons. The number of anilines is 1. The zero-order valence-corrected chi connectivity index (χ0v) is 13.1. The standard InChI is InChI=1S/C17H19ClN2O2/c1-2-12-5-3-4-6-15(12)20-17(22)19-11-16(21)13-7-9-14(18)10-8-13/h3-10,16,21H,2,11H2,1H3,(H2,19,20,22). The van der Waals surface area contributed by atoms with Gasteiger partial charge in [0, 0.05) is 17.3 Å². The summed E-state index contributed by atoms with van der Waals surface area (Å²) < 4.78 is 0. The molecule has 3 N–H and O–H groups in total. The molecule has 1 unspecified atom stereocenters. The average molecular weight is 319 g/mol. The Kier molecular flexibility index (Phi) is 5.81. The van der Waals surface area contributed by atoms with Crippen molar-refractivity contribution in [2.24, 2.45) is 0 Å². The number of aliphatic hydroxyl groups excluding tert-OH is 1. The number of aryl methyl sites for hydroxylation is 1. The zero-order valence-electron chi connectivity index (χ0n) is 12.3. The predicted octanol–water partition coefficient (Wildman–Crippen LogP) is 3.76. The molecular weight excluding hydrogens is 300 g/mol. The normalized spacial score (nSPS) is 11.8. The quantitative estimate of drug-likeness (QED) is 0.786. The first-order valence-corrected chi connectivity index (χ1v) is 7.54. The number of carbonyl (C=O) groups excluding carboxylic acids is 1. The third-order valence-corrected chi connectivity index (χ3v) is 3.61. The van der Waals surface area contributed by atoms with E-state index in [2.05, 4.69) is 10.6 Å². The summed E-state index contributed by atoms with van der Waals surface area (Å²) in [7, 11) is 0. The fourth-order valence-corrected chi connectivity index (χ4v) is 2.24. The minimum Gasteiger partial charge on any atom is -0.387 e. The number of amides is 2. The number of rotatable bonds is 5. The molecule has 22 heavy (non-hydrogen) atoms. The highest BCUT2D eigenvalue weighted by Gasteiger charge is 2.10. The van der Waals surface area contributed by atoms with E-state index in [0.717, 1.165) is 17.7 Å². The Hall–Kier alpha value is -2.04. The molecule has 2 aromatic carbocycles. The van der Waals surface area contributed by atoms with E-state index in [1.165, 1.54) is 0 Å². The Morgan fingerprint density at radius 3 is 2.55 bits per heavy atom. The van der Waals surface area contributed by atoms with Crippen LogP contribution in [0.25, 0.3) is 0 Å². The third-order valence-electron chi connectivity index (χ3n) is 3.36. The highest BCUT2D eigenvalue weighted by Crippen LogP contribution is 2.17. The Morgan fingerprint density at radius 1 is 1.18 bits per heavy atom. The van der Waals surface area contributed by atoms with Gasteiger partial charge in [-0.3, -0.25) is 0 Å². The second-order valence-electron chi connectivity index (χ2n) is 4.91. The van der Waals surface area contributed by atoms with Crippen molar-refractivity contribution in [3.8, 4) is 0 Å². The molecule has 0 saturated carbocycles. The minimum atomic E-state index is -0.774. The highest BCUT2D eigenvalue weighted by molar-refractivity contribution is 6.30. The third kappa shape index (κ3) is 4.48. The summed E-state index contributed by atoms with van der Waals surface area (Å²) in [6, 6.07) is 14.2. The fraction of sp³-hybridized carbons (Fsp3) is 0.235. The van der Waals surface area contributed by atoms with Crippen LogP contribution in [0.3, 0.4) is 0 Å². The van der Waals surface area contributed by atoms with Gasteiger partial charge in [-0.1, -0.05) is 48.9 Å². The molecule has 0 saturated heterocycles. The monoisotopic (exact) mass is 318 g/mol. The van der Waals surface area contributed by atoms with Gasteiger partial charge >= 0.3 is 6.03 Å². The smallest absolute Gasteiger partial charge is 0.319 e. The lowest BCUT2D eigenvalue weighted by Gasteiger charge is -2.14. The van der Waals surface area contributed by atoms with Crippen molar-refractivity contribution in [3.05, 3.63) is 64.7 Å². The molecule has 2 rings (SSSR count).